The predicted molar refractivity (Wildman–Crippen MR) is 89.0 cm³/mol. The fourth-order valence-corrected chi connectivity index (χ4v) is 5.29. The molecule has 1 aliphatic carbocycles. The molecule has 1 aliphatic rings. The van der Waals surface area contributed by atoms with Crippen LogP contribution in [-0.2, 0) is 0 Å². The summed E-state index contributed by atoms with van der Waals surface area (Å²) >= 11 is 5.72. The van der Waals surface area contributed by atoms with Crippen molar-refractivity contribution in [1.82, 2.24) is 5.32 Å². The van der Waals surface area contributed by atoms with Crippen LogP contribution >= 0.6 is 27.3 Å². The maximum Gasteiger partial charge on any atom is 0.0454 e. The van der Waals surface area contributed by atoms with E-state index in [2.05, 4.69) is 41.2 Å². The van der Waals surface area contributed by atoms with Crippen LogP contribution in [0.5, 0.6) is 0 Å². The van der Waals surface area contributed by atoms with Crippen molar-refractivity contribution in [3.8, 4) is 0 Å². The molecule has 0 spiro atoms. The van der Waals surface area contributed by atoms with Gasteiger partial charge in [0, 0.05) is 20.3 Å². The van der Waals surface area contributed by atoms with Crippen LogP contribution in [0.3, 0.4) is 0 Å². The molecule has 1 fully saturated rings. The minimum atomic E-state index is 0.552. The highest BCUT2D eigenvalue weighted by Crippen LogP contribution is 2.40. The van der Waals surface area contributed by atoms with Crippen LogP contribution in [0.2, 0.25) is 0 Å². The number of halogens is 1. The summed E-state index contributed by atoms with van der Waals surface area (Å²) in [7, 11) is 0. The Labute approximate surface area is 130 Å². The molecule has 1 aromatic heterocycles. The van der Waals surface area contributed by atoms with Crippen LogP contribution in [-0.4, -0.2) is 6.54 Å². The average Bonchev–Trinajstić information content (AvgIpc) is 2.66. The van der Waals surface area contributed by atoms with E-state index >= 15 is 0 Å². The van der Waals surface area contributed by atoms with Gasteiger partial charge >= 0.3 is 0 Å². The smallest absolute Gasteiger partial charge is 0.0454 e. The lowest BCUT2D eigenvalue weighted by molar-refractivity contribution is 0.294. The van der Waals surface area contributed by atoms with E-state index in [9.17, 15) is 0 Å². The summed E-state index contributed by atoms with van der Waals surface area (Å²) in [4.78, 5) is 2.93. The number of aryl methyl sites for hydroxylation is 1. The molecule has 0 aliphatic heterocycles. The van der Waals surface area contributed by atoms with Gasteiger partial charge in [0.25, 0.3) is 0 Å². The highest BCUT2D eigenvalue weighted by molar-refractivity contribution is 9.10. The average molecular weight is 344 g/mol. The molecule has 1 heterocycles. The van der Waals surface area contributed by atoms with E-state index in [1.165, 1.54) is 59.2 Å². The van der Waals surface area contributed by atoms with Crippen molar-refractivity contribution in [2.45, 2.75) is 64.8 Å². The number of rotatable bonds is 4. The van der Waals surface area contributed by atoms with E-state index < -0.39 is 0 Å². The third-order valence-corrected chi connectivity index (χ3v) is 6.22. The minimum Gasteiger partial charge on any atom is -0.309 e. The Morgan fingerprint density at radius 3 is 2.42 bits per heavy atom. The van der Waals surface area contributed by atoms with Crippen LogP contribution in [0.15, 0.2) is 10.5 Å². The van der Waals surface area contributed by atoms with Gasteiger partial charge < -0.3 is 5.32 Å². The van der Waals surface area contributed by atoms with E-state index in [0.717, 1.165) is 12.5 Å². The maximum absolute atomic E-state index is 3.76. The highest BCUT2D eigenvalue weighted by Gasteiger charge is 2.26. The van der Waals surface area contributed by atoms with Gasteiger partial charge in [-0.25, -0.2) is 0 Å². The van der Waals surface area contributed by atoms with Crippen molar-refractivity contribution in [2.75, 3.05) is 6.54 Å². The molecule has 1 aromatic rings. The largest absolute Gasteiger partial charge is 0.309 e. The minimum absolute atomic E-state index is 0.552. The lowest BCUT2D eigenvalue weighted by atomic mass is 9.85. The van der Waals surface area contributed by atoms with Gasteiger partial charge in [0.2, 0.25) is 0 Å². The Kier molecular flexibility index (Phi) is 6.37. The zero-order valence-electron chi connectivity index (χ0n) is 12.2. The Balaban J connectivity index is 2.15. The van der Waals surface area contributed by atoms with Gasteiger partial charge in [-0.3, -0.25) is 0 Å². The fourth-order valence-electron chi connectivity index (χ4n) is 3.23. The normalized spacial score (nSPS) is 19.9. The molecule has 1 nitrogen and oxygen atoms in total. The van der Waals surface area contributed by atoms with Crippen molar-refractivity contribution >= 4 is 27.3 Å². The topological polar surface area (TPSA) is 12.0 Å². The van der Waals surface area contributed by atoms with Crippen molar-refractivity contribution in [3.05, 3.63) is 20.3 Å². The van der Waals surface area contributed by atoms with Crippen LogP contribution in [0, 0.1) is 12.8 Å². The second-order valence-corrected chi connectivity index (χ2v) is 7.85. The van der Waals surface area contributed by atoms with Crippen LogP contribution < -0.4 is 5.32 Å². The molecule has 19 heavy (non-hydrogen) atoms. The quantitative estimate of drug-likeness (QED) is 0.724. The molecule has 0 saturated heterocycles. The van der Waals surface area contributed by atoms with Gasteiger partial charge in [0.05, 0.1) is 0 Å². The summed E-state index contributed by atoms with van der Waals surface area (Å²) in [6.07, 6.45) is 9.91. The van der Waals surface area contributed by atoms with E-state index in [0.29, 0.717) is 6.04 Å². The first kappa shape index (κ1) is 15.5. The number of nitrogens with one attached hydrogen (secondary N) is 1. The van der Waals surface area contributed by atoms with E-state index in [4.69, 9.17) is 0 Å². The third-order valence-electron chi connectivity index (χ3n) is 4.16. The van der Waals surface area contributed by atoms with Crippen LogP contribution in [0.1, 0.15) is 67.7 Å². The molecule has 0 amide bonds. The summed E-state index contributed by atoms with van der Waals surface area (Å²) in [6, 6.07) is 2.82. The first-order valence-corrected chi connectivity index (χ1v) is 9.32. The Morgan fingerprint density at radius 1 is 1.26 bits per heavy atom. The first-order valence-electron chi connectivity index (χ1n) is 7.71. The van der Waals surface area contributed by atoms with Gasteiger partial charge in [-0.05, 0) is 54.2 Å². The lowest BCUT2D eigenvalue weighted by Crippen LogP contribution is -2.28. The Bertz CT molecular complexity index is 380. The molecular weight excluding hydrogens is 318 g/mol. The van der Waals surface area contributed by atoms with Gasteiger partial charge in [-0.2, -0.15) is 0 Å². The second-order valence-electron chi connectivity index (χ2n) is 5.71. The molecule has 1 N–H and O–H groups in total. The van der Waals surface area contributed by atoms with Gasteiger partial charge in [0.15, 0.2) is 0 Å². The van der Waals surface area contributed by atoms with Crippen molar-refractivity contribution in [3.63, 3.8) is 0 Å². The molecule has 108 valence electrons. The molecule has 0 radical (unpaired) electrons. The zero-order chi connectivity index (χ0) is 13.7. The number of hydrogen-bond donors (Lipinski definition) is 1. The summed E-state index contributed by atoms with van der Waals surface area (Å²) in [5, 5.41) is 3.75. The van der Waals surface area contributed by atoms with Gasteiger partial charge in [-0.15, -0.1) is 11.3 Å². The summed E-state index contributed by atoms with van der Waals surface area (Å²) < 4.78 is 1.31. The summed E-state index contributed by atoms with van der Waals surface area (Å²) in [5.74, 6) is 0.814. The summed E-state index contributed by atoms with van der Waals surface area (Å²) in [5.41, 5.74) is 0. The lowest BCUT2D eigenvalue weighted by Gasteiger charge is -2.29. The second kappa shape index (κ2) is 7.80. The number of thiophene rings is 1. The number of hydrogen-bond acceptors (Lipinski definition) is 2. The SMILES string of the molecule is CCNC(c1sc(C)cc1Br)C1CCCCCCC1. The highest BCUT2D eigenvalue weighted by atomic mass is 79.9. The molecule has 2 rings (SSSR count). The predicted octanol–water partition coefficient (Wildman–Crippen LogP) is 5.83. The fraction of sp³-hybridized carbons (Fsp3) is 0.750. The Hall–Kier alpha value is 0.140. The van der Waals surface area contributed by atoms with Crippen molar-refractivity contribution < 1.29 is 0 Å². The van der Waals surface area contributed by atoms with Gasteiger partial charge in [0.1, 0.15) is 0 Å². The molecule has 0 bridgehead atoms. The van der Waals surface area contributed by atoms with Crippen LogP contribution in [0.4, 0.5) is 0 Å². The van der Waals surface area contributed by atoms with E-state index in [1.807, 2.05) is 11.3 Å². The third kappa shape index (κ3) is 4.30. The van der Waals surface area contributed by atoms with E-state index in [-0.39, 0.29) is 0 Å². The molecule has 0 aromatic carbocycles. The molecule has 1 unspecified atom stereocenters. The summed E-state index contributed by atoms with van der Waals surface area (Å²) in [6.45, 7) is 5.49. The maximum atomic E-state index is 3.76. The zero-order valence-corrected chi connectivity index (χ0v) is 14.6. The van der Waals surface area contributed by atoms with Crippen LogP contribution in [0.25, 0.3) is 0 Å². The standard InChI is InChI=1S/C16H26BrNS/c1-3-18-15(16-14(17)11-12(2)19-16)13-9-7-5-4-6-8-10-13/h11,13,15,18H,3-10H2,1-2H3. The Morgan fingerprint density at radius 2 is 1.89 bits per heavy atom. The van der Waals surface area contributed by atoms with E-state index in [1.54, 1.807) is 0 Å². The van der Waals surface area contributed by atoms with Gasteiger partial charge in [-0.1, -0.05) is 39.0 Å². The molecular formula is C16H26BrNS. The molecule has 1 atom stereocenters. The molecule has 1 saturated carbocycles. The van der Waals surface area contributed by atoms with Crippen molar-refractivity contribution in [1.29, 1.82) is 0 Å². The monoisotopic (exact) mass is 343 g/mol. The first-order chi connectivity index (χ1) is 9.22. The molecule has 3 heteroatoms. The van der Waals surface area contributed by atoms with Crippen molar-refractivity contribution in [2.24, 2.45) is 5.92 Å².